The Morgan fingerprint density at radius 1 is 1.21 bits per heavy atom. The van der Waals surface area contributed by atoms with Gasteiger partial charge in [0.15, 0.2) is 6.29 Å². The van der Waals surface area contributed by atoms with Crippen LogP contribution in [0.1, 0.15) is 25.0 Å². The van der Waals surface area contributed by atoms with Crippen LogP contribution >= 0.6 is 0 Å². The molecule has 19 heavy (non-hydrogen) atoms. The molecule has 0 N–H and O–H groups in total. The second kappa shape index (κ2) is 5.59. The van der Waals surface area contributed by atoms with Crippen molar-refractivity contribution in [1.29, 1.82) is 0 Å². The van der Waals surface area contributed by atoms with E-state index in [-0.39, 0.29) is 30.7 Å². The van der Waals surface area contributed by atoms with Crippen molar-refractivity contribution in [2.24, 2.45) is 0 Å². The summed E-state index contributed by atoms with van der Waals surface area (Å²) in [5, 5.41) is 0. The first-order valence-electron chi connectivity index (χ1n) is 6.78. The maximum atomic E-state index is 6.15. The van der Waals surface area contributed by atoms with Crippen molar-refractivity contribution in [3.63, 3.8) is 0 Å². The van der Waals surface area contributed by atoms with E-state index < -0.39 is 0 Å². The molecule has 0 radical (unpaired) electrons. The van der Waals surface area contributed by atoms with Crippen LogP contribution in [0.15, 0.2) is 30.3 Å². The molecule has 0 aromatic heterocycles. The number of fused-ring (bicyclic) bond motifs is 2. The van der Waals surface area contributed by atoms with Gasteiger partial charge in [-0.25, -0.2) is 0 Å². The van der Waals surface area contributed by atoms with E-state index >= 15 is 0 Å². The average Bonchev–Trinajstić information content (AvgIpc) is 2.88. The average molecular weight is 264 g/mol. The fourth-order valence-corrected chi connectivity index (χ4v) is 2.74. The van der Waals surface area contributed by atoms with E-state index in [0.717, 1.165) is 6.42 Å². The zero-order valence-corrected chi connectivity index (χ0v) is 11.3. The zero-order chi connectivity index (χ0) is 13.2. The lowest BCUT2D eigenvalue weighted by molar-refractivity contribution is -0.206. The molecule has 5 unspecified atom stereocenters. The molecule has 0 saturated carbocycles. The van der Waals surface area contributed by atoms with Gasteiger partial charge in [0, 0.05) is 13.5 Å². The van der Waals surface area contributed by atoms with Crippen LogP contribution in [0.3, 0.4) is 0 Å². The highest BCUT2D eigenvalue weighted by atomic mass is 16.7. The summed E-state index contributed by atoms with van der Waals surface area (Å²) in [6, 6.07) is 10.2. The van der Waals surface area contributed by atoms with Crippen molar-refractivity contribution in [3.05, 3.63) is 35.9 Å². The van der Waals surface area contributed by atoms with Crippen molar-refractivity contribution in [3.8, 4) is 0 Å². The van der Waals surface area contributed by atoms with Gasteiger partial charge >= 0.3 is 0 Å². The fraction of sp³-hybridized carbons (Fsp3) is 0.600. The number of benzene rings is 1. The van der Waals surface area contributed by atoms with E-state index in [1.807, 2.05) is 18.2 Å². The molecule has 2 aliphatic heterocycles. The van der Waals surface area contributed by atoms with E-state index in [0.29, 0.717) is 6.61 Å². The summed E-state index contributed by atoms with van der Waals surface area (Å²) < 4.78 is 22.9. The lowest BCUT2D eigenvalue weighted by Gasteiger charge is -2.34. The standard InChI is InChI=1S/C15H20O4/c1-10(11-6-4-3-5-7-11)18-12-8-13(16-2)15-17-9-14(12)19-15/h3-7,10,12-15H,8-9H2,1-2H3. The first kappa shape index (κ1) is 13.1. The lowest BCUT2D eigenvalue weighted by atomic mass is 10.0. The maximum Gasteiger partial charge on any atom is 0.184 e. The fourth-order valence-electron chi connectivity index (χ4n) is 2.74. The Morgan fingerprint density at radius 3 is 2.74 bits per heavy atom. The molecule has 104 valence electrons. The molecule has 2 aliphatic rings. The summed E-state index contributed by atoms with van der Waals surface area (Å²) in [5.74, 6) is 0. The predicted octanol–water partition coefficient (Wildman–Crippen LogP) is 2.29. The van der Waals surface area contributed by atoms with Gasteiger partial charge in [0.2, 0.25) is 0 Å². The number of rotatable bonds is 4. The highest BCUT2D eigenvalue weighted by molar-refractivity contribution is 5.17. The van der Waals surface area contributed by atoms with Gasteiger partial charge < -0.3 is 18.9 Å². The van der Waals surface area contributed by atoms with Crippen molar-refractivity contribution < 1.29 is 18.9 Å². The molecule has 3 rings (SSSR count). The minimum Gasteiger partial charge on any atom is -0.376 e. The normalized spacial score (nSPS) is 35.3. The summed E-state index contributed by atoms with van der Waals surface area (Å²) >= 11 is 0. The highest BCUT2D eigenvalue weighted by Gasteiger charge is 2.45. The zero-order valence-electron chi connectivity index (χ0n) is 11.3. The summed E-state index contributed by atoms with van der Waals surface area (Å²) in [7, 11) is 1.69. The SMILES string of the molecule is COC1CC(OC(C)c2ccccc2)C2COC1O2. The van der Waals surface area contributed by atoms with Crippen molar-refractivity contribution in [2.75, 3.05) is 13.7 Å². The van der Waals surface area contributed by atoms with Crippen LogP contribution in [0.25, 0.3) is 0 Å². The Morgan fingerprint density at radius 2 is 2.00 bits per heavy atom. The van der Waals surface area contributed by atoms with Crippen LogP contribution in [0, 0.1) is 0 Å². The van der Waals surface area contributed by atoms with Gasteiger partial charge in [0.25, 0.3) is 0 Å². The second-order valence-electron chi connectivity index (χ2n) is 5.11. The van der Waals surface area contributed by atoms with Crippen molar-refractivity contribution >= 4 is 0 Å². The summed E-state index contributed by atoms with van der Waals surface area (Å²) in [6.07, 6.45) is 0.669. The monoisotopic (exact) mass is 264 g/mol. The van der Waals surface area contributed by atoms with Gasteiger partial charge in [-0.2, -0.15) is 0 Å². The Balaban J connectivity index is 1.66. The van der Waals surface area contributed by atoms with Gasteiger partial charge in [0.05, 0.1) is 18.8 Å². The summed E-state index contributed by atoms with van der Waals surface area (Å²) in [6.45, 7) is 2.66. The van der Waals surface area contributed by atoms with E-state index in [1.165, 1.54) is 5.56 Å². The van der Waals surface area contributed by atoms with Gasteiger partial charge in [-0.1, -0.05) is 30.3 Å². The van der Waals surface area contributed by atoms with Crippen molar-refractivity contribution in [2.45, 2.75) is 44.1 Å². The number of ether oxygens (including phenoxy) is 4. The van der Waals surface area contributed by atoms with Crippen LogP contribution in [0.2, 0.25) is 0 Å². The van der Waals surface area contributed by atoms with Gasteiger partial charge in [-0.3, -0.25) is 0 Å². The van der Waals surface area contributed by atoms with E-state index in [1.54, 1.807) is 7.11 Å². The first-order valence-corrected chi connectivity index (χ1v) is 6.78. The molecular weight excluding hydrogens is 244 g/mol. The van der Waals surface area contributed by atoms with E-state index in [2.05, 4.69) is 19.1 Å². The summed E-state index contributed by atoms with van der Waals surface area (Å²) in [4.78, 5) is 0. The van der Waals surface area contributed by atoms with Crippen LogP contribution in [-0.4, -0.2) is 38.3 Å². The second-order valence-corrected chi connectivity index (χ2v) is 5.11. The number of methoxy groups -OCH3 is 1. The van der Waals surface area contributed by atoms with E-state index in [9.17, 15) is 0 Å². The molecule has 2 bridgehead atoms. The van der Waals surface area contributed by atoms with Gasteiger partial charge in [-0.15, -0.1) is 0 Å². The van der Waals surface area contributed by atoms with Crippen LogP contribution in [0.4, 0.5) is 0 Å². The molecule has 1 aromatic rings. The molecule has 1 aromatic carbocycles. The topological polar surface area (TPSA) is 36.9 Å². The molecule has 0 amide bonds. The van der Waals surface area contributed by atoms with E-state index in [4.69, 9.17) is 18.9 Å². The van der Waals surface area contributed by atoms with Crippen LogP contribution in [-0.2, 0) is 18.9 Å². The Labute approximate surface area is 113 Å². The molecule has 0 spiro atoms. The highest BCUT2D eigenvalue weighted by Crippen LogP contribution is 2.33. The lowest BCUT2D eigenvalue weighted by Crippen LogP contribution is -2.44. The minimum absolute atomic E-state index is 0.0268. The quantitative estimate of drug-likeness (QED) is 0.836. The van der Waals surface area contributed by atoms with Crippen molar-refractivity contribution in [1.82, 2.24) is 0 Å². The Kier molecular flexibility index (Phi) is 3.84. The van der Waals surface area contributed by atoms with Crippen LogP contribution < -0.4 is 0 Å². The molecule has 4 heteroatoms. The molecule has 2 heterocycles. The number of hydrogen-bond donors (Lipinski definition) is 0. The number of hydrogen-bond acceptors (Lipinski definition) is 4. The van der Waals surface area contributed by atoms with Gasteiger partial charge in [0.1, 0.15) is 12.2 Å². The Hall–Kier alpha value is -0.940. The predicted molar refractivity (Wildman–Crippen MR) is 69.8 cm³/mol. The molecular formula is C15H20O4. The Bertz CT molecular complexity index is 408. The first-order chi connectivity index (χ1) is 9.28. The third-order valence-electron chi connectivity index (χ3n) is 3.87. The third kappa shape index (κ3) is 2.67. The molecule has 0 aliphatic carbocycles. The molecule has 2 fully saturated rings. The third-order valence-corrected chi connectivity index (χ3v) is 3.87. The largest absolute Gasteiger partial charge is 0.376 e. The summed E-state index contributed by atoms with van der Waals surface area (Å²) in [5.41, 5.74) is 1.18. The van der Waals surface area contributed by atoms with Gasteiger partial charge in [-0.05, 0) is 12.5 Å². The van der Waals surface area contributed by atoms with Crippen LogP contribution in [0.5, 0.6) is 0 Å². The molecule has 4 nitrogen and oxygen atoms in total. The molecule has 2 saturated heterocycles. The molecule has 5 atom stereocenters. The maximum absolute atomic E-state index is 6.15. The smallest absolute Gasteiger partial charge is 0.184 e. The minimum atomic E-state index is -0.220.